The maximum absolute atomic E-state index is 5.90. The van der Waals surface area contributed by atoms with Gasteiger partial charge in [0.15, 0.2) is 0 Å². The fourth-order valence-corrected chi connectivity index (χ4v) is 3.46. The number of ether oxygens (including phenoxy) is 2. The number of aromatic nitrogens is 2. The Bertz CT molecular complexity index is 681. The number of hydrogen-bond acceptors (Lipinski definition) is 5. The zero-order valence-electron chi connectivity index (χ0n) is 14.7. The molecule has 25 heavy (non-hydrogen) atoms. The molecular formula is C19H26N4O2. The van der Waals surface area contributed by atoms with Crippen molar-refractivity contribution in [3.63, 3.8) is 0 Å². The Labute approximate surface area is 148 Å². The Morgan fingerprint density at radius 2 is 2.16 bits per heavy atom. The monoisotopic (exact) mass is 342 g/mol. The van der Waals surface area contributed by atoms with E-state index in [0.717, 1.165) is 55.8 Å². The number of morpholine rings is 1. The molecule has 6 heteroatoms. The van der Waals surface area contributed by atoms with Crippen molar-refractivity contribution in [2.45, 2.75) is 31.5 Å². The van der Waals surface area contributed by atoms with Gasteiger partial charge in [0.1, 0.15) is 5.75 Å². The lowest BCUT2D eigenvalue weighted by Gasteiger charge is -2.33. The first-order chi connectivity index (χ1) is 12.3. The van der Waals surface area contributed by atoms with Gasteiger partial charge in [0.05, 0.1) is 31.7 Å². The van der Waals surface area contributed by atoms with Gasteiger partial charge in [0.25, 0.3) is 0 Å². The summed E-state index contributed by atoms with van der Waals surface area (Å²) in [5, 5.41) is 10.9. The zero-order valence-corrected chi connectivity index (χ0v) is 14.7. The Hall–Kier alpha value is -1.89. The molecule has 0 unspecified atom stereocenters. The van der Waals surface area contributed by atoms with E-state index in [1.807, 2.05) is 30.5 Å². The van der Waals surface area contributed by atoms with Crippen LogP contribution in [-0.2, 0) is 11.3 Å². The molecule has 6 nitrogen and oxygen atoms in total. The first-order valence-corrected chi connectivity index (χ1v) is 9.06. The molecule has 0 radical (unpaired) electrons. The van der Waals surface area contributed by atoms with Crippen molar-refractivity contribution in [1.29, 1.82) is 0 Å². The van der Waals surface area contributed by atoms with Gasteiger partial charge in [-0.15, -0.1) is 0 Å². The Morgan fingerprint density at radius 3 is 2.92 bits per heavy atom. The van der Waals surface area contributed by atoms with E-state index in [1.54, 1.807) is 7.11 Å². The van der Waals surface area contributed by atoms with E-state index < -0.39 is 0 Å². The molecule has 1 aliphatic heterocycles. The number of nitrogens with one attached hydrogen (secondary N) is 2. The van der Waals surface area contributed by atoms with Crippen LogP contribution in [-0.4, -0.2) is 60.6 Å². The number of aromatic amines is 1. The van der Waals surface area contributed by atoms with Gasteiger partial charge in [-0.3, -0.25) is 10.00 Å². The predicted octanol–water partition coefficient (Wildman–Crippen LogP) is 2.04. The van der Waals surface area contributed by atoms with Gasteiger partial charge in [0, 0.05) is 43.3 Å². The average Bonchev–Trinajstić information content (AvgIpc) is 3.41. The van der Waals surface area contributed by atoms with E-state index in [9.17, 15) is 0 Å². The molecule has 1 saturated heterocycles. The summed E-state index contributed by atoms with van der Waals surface area (Å²) < 4.78 is 11.1. The number of hydrogen-bond donors (Lipinski definition) is 2. The lowest BCUT2D eigenvalue weighted by molar-refractivity contribution is -0.0301. The highest BCUT2D eigenvalue weighted by molar-refractivity contribution is 5.63. The van der Waals surface area contributed by atoms with E-state index >= 15 is 0 Å². The summed E-state index contributed by atoms with van der Waals surface area (Å²) in [5.41, 5.74) is 3.34. The maximum Gasteiger partial charge on any atom is 0.118 e. The Kier molecular flexibility index (Phi) is 5.01. The average molecular weight is 342 g/mol. The highest BCUT2D eigenvalue weighted by Crippen LogP contribution is 2.28. The molecule has 134 valence electrons. The van der Waals surface area contributed by atoms with Gasteiger partial charge in [-0.2, -0.15) is 5.10 Å². The predicted molar refractivity (Wildman–Crippen MR) is 96.6 cm³/mol. The summed E-state index contributed by atoms with van der Waals surface area (Å²) in [6.45, 7) is 4.64. The normalized spacial score (nSPS) is 21.4. The standard InChI is InChI=1S/C19H26N4O2/c1-24-17-6-2-14(3-7-17)19-15(11-21-22-19)10-20-12-18-13-23(8-9-25-18)16-4-5-16/h2-3,6-7,11,16,18,20H,4-5,8-10,12-13H2,1H3,(H,21,22)/t18-/m1/s1. The second kappa shape index (κ2) is 7.56. The number of rotatable bonds is 7. The number of H-pyrrole nitrogens is 1. The van der Waals surface area contributed by atoms with E-state index in [4.69, 9.17) is 9.47 Å². The second-order valence-electron chi connectivity index (χ2n) is 6.85. The van der Waals surface area contributed by atoms with Crippen LogP contribution >= 0.6 is 0 Å². The van der Waals surface area contributed by atoms with Crippen molar-refractivity contribution in [2.75, 3.05) is 33.4 Å². The van der Waals surface area contributed by atoms with E-state index in [0.29, 0.717) is 0 Å². The summed E-state index contributed by atoms with van der Waals surface area (Å²) in [7, 11) is 1.68. The number of benzene rings is 1. The Morgan fingerprint density at radius 1 is 1.32 bits per heavy atom. The smallest absolute Gasteiger partial charge is 0.118 e. The largest absolute Gasteiger partial charge is 0.497 e. The SMILES string of the molecule is COc1ccc(-c2[nH]ncc2CNC[C@@H]2CN(C3CC3)CCO2)cc1. The van der Waals surface area contributed by atoms with Gasteiger partial charge < -0.3 is 14.8 Å². The molecule has 1 atom stereocenters. The fraction of sp³-hybridized carbons (Fsp3) is 0.526. The van der Waals surface area contributed by atoms with Crippen LogP contribution < -0.4 is 10.1 Å². The summed E-state index contributed by atoms with van der Waals surface area (Å²) in [6.07, 6.45) is 4.90. The molecule has 0 amide bonds. The summed E-state index contributed by atoms with van der Waals surface area (Å²) in [4.78, 5) is 2.58. The third-order valence-electron chi connectivity index (χ3n) is 5.02. The van der Waals surface area contributed by atoms with Crippen molar-refractivity contribution < 1.29 is 9.47 Å². The molecule has 4 rings (SSSR count). The molecule has 0 bridgehead atoms. The van der Waals surface area contributed by atoms with E-state index in [-0.39, 0.29) is 6.10 Å². The molecule has 2 heterocycles. The van der Waals surface area contributed by atoms with Crippen LogP contribution in [0.15, 0.2) is 30.5 Å². The molecular weight excluding hydrogens is 316 g/mol. The minimum atomic E-state index is 0.283. The first kappa shape index (κ1) is 16.6. The molecule has 2 aliphatic rings. The van der Waals surface area contributed by atoms with Crippen LogP contribution in [0.4, 0.5) is 0 Å². The van der Waals surface area contributed by atoms with Crippen molar-refractivity contribution in [3.05, 3.63) is 36.0 Å². The maximum atomic E-state index is 5.90. The third kappa shape index (κ3) is 4.03. The molecule has 0 spiro atoms. The van der Waals surface area contributed by atoms with Crippen LogP contribution in [0.5, 0.6) is 5.75 Å². The van der Waals surface area contributed by atoms with E-state index in [2.05, 4.69) is 20.4 Å². The minimum absolute atomic E-state index is 0.283. The first-order valence-electron chi connectivity index (χ1n) is 9.06. The molecule has 1 aromatic heterocycles. The topological polar surface area (TPSA) is 62.4 Å². The van der Waals surface area contributed by atoms with Gasteiger partial charge in [-0.05, 0) is 37.1 Å². The summed E-state index contributed by atoms with van der Waals surface area (Å²) in [5.74, 6) is 0.859. The highest BCUT2D eigenvalue weighted by atomic mass is 16.5. The number of nitrogens with zero attached hydrogens (tertiary/aromatic N) is 2. The lowest BCUT2D eigenvalue weighted by Crippen LogP contribution is -2.47. The van der Waals surface area contributed by atoms with Crippen LogP contribution in [0.3, 0.4) is 0 Å². The fourth-order valence-electron chi connectivity index (χ4n) is 3.46. The van der Waals surface area contributed by atoms with Crippen LogP contribution in [0, 0.1) is 0 Å². The van der Waals surface area contributed by atoms with Gasteiger partial charge in [-0.25, -0.2) is 0 Å². The van der Waals surface area contributed by atoms with Crippen LogP contribution in [0.25, 0.3) is 11.3 Å². The molecule has 1 saturated carbocycles. The minimum Gasteiger partial charge on any atom is -0.497 e. The third-order valence-corrected chi connectivity index (χ3v) is 5.02. The number of methoxy groups -OCH3 is 1. The van der Waals surface area contributed by atoms with Gasteiger partial charge in [0.2, 0.25) is 0 Å². The second-order valence-corrected chi connectivity index (χ2v) is 6.85. The zero-order chi connectivity index (χ0) is 17.1. The molecule has 1 aliphatic carbocycles. The van der Waals surface area contributed by atoms with E-state index in [1.165, 1.54) is 18.4 Å². The van der Waals surface area contributed by atoms with Crippen LogP contribution in [0.1, 0.15) is 18.4 Å². The van der Waals surface area contributed by atoms with Crippen molar-refractivity contribution in [2.24, 2.45) is 0 Å². The highest BCUT2D eigenvalue weighted by Gasteiger charge is 2.32. The van der Waals surface area contributed by atoms with Crippen LogP contribution in [0.2, 0.25) is 0 Å². The lowest BCUT2D eigenvalue weighted by atomic mass is 10.1. The molecule has 1 aromatic carbocycles. The van der Waals surface area contributed by atoms with Crippen molar-refractivity contribution in [3.8, 4) is 17.0 Å². The summed E-state index contributed by atoms with van der Waals surface area (Å²) >= 11 is 0. The summed E-state index contributed by atoms with van der Waals surface area (Å²) in [6, 6.07) is 8.86. The molecule has 2 aromatic rings. The quantitative estimate of drug-likeness (QED) is 0.806. The van der Waals surface area contributed by atoms with Crippen molar-refractivity contribution >= 4 is 0 Å². The van der Waals surface area contributed by atoms with Gasteiger partial charge in [-0.1, -0.05) is 0 Å². The van der Waals surface area contributed by atoms with Gasteiger partial charge >= 0.3 is 0 Å². The molecule has 2 N–H and O–H groups in total. The molecule has 2 fully saturated rings. The van der Waals surface area contributed by atoms with Crippen molar-refractivity contribution in [1.82, 2.24) is 20.4 Å². The Balaban J connectivity index is 1.31.